The highest BCUT2D eigenvalue weighted by atomic mass is 35.5. The lowest BCUT2D eigenvalue weighted by Crippen LogP contribution is -2.21. The van der Waals surface area contributed by atoms with E-state index >= 15 is 0 Å². The zero-order valence-corrected chi connectivity index (χ0v) is 12.5. The summed E-state index contributed by atoms with van der Waals surface area (Å²) in [5, 5.41) is 3.93. The summed E-state index contributed by atoms with van der Waals surface area (Å²) in [6, 6.07) is 8.67. The summed E-state index contributed by atoms with van der Waals surface area (Å²) in [6.45, 7) is 4.19. The lowest BCUT2D eigenvalue weighted by Gasteiger charge is -2.28. The Morgan fingerprint density at radius 3 is 2.90 bits per heavy atom. The average molecular weight is 288 g/mol. The number of fused-ring (bicyclic) bond motifs is 1. The van der Waals surface area contributed by atoms with Crippen molar-refractivity contribution in [2.45, 2.75) is 39.2 Å². The van der Waals surface area contributed by atoms with E-state index in [1.807, 2.05) is 0 Å². The first-order chi connectivity index (χ1) is 9.69. The maximum Gasteiger partial charge on any atom is 0.222 e. The molecule has 20 heavy (non-hydrogen) atoms. The van der Waals surface area contributed by atoms with Crippen LogP contribution in [0.15, 0.2) is 24.3 Å². The molecule has 1 N–H and O–H groups in total. The second kappa shape index (κ2) is 5.41. The third-order valence-corrected chi connectivity index (χ3v) is 4.14. The minimum absolute atomic E-state index is 0.218. The highest BCUT2D eigenvalue weighted by molar-refractivity contribution is 6.28. The van der Waals surface area contributed by atoms with Crippen LogP contribution >= 0.6 is 11.6 Å². The average Bonchev–Trinajstić information content (AvgIpc) is 2.48. The van der Waals surface area contributed by atoms with Crippen LogP contribution in [0, 0.1) is 6.92 Å². The van der Waals surface area contributed by atoms with E-state index in [1.165, 1.54) is 11.3 Å². The lowest BCUT2D eigenvalue weighted by atomic mass is 9.94. The molecular formula is C16H18ClN3. The molecule has 0 saturated heterocycles. The summed E-state index contributed by atoms with van der Waals surface area (Å²) in [5.74, 6) is 0. The van der Waals surface area contributed by atoms with Gasteiger partial charge in [0, 0.05) is 11.4 Å². The minimum Gasteiger partial charge on any atom is -0.376 e. The van der Waals surface area contributed by atoms with Gasteiger partial charge in [0.25, 0.3) is 0 Å². The molecule has 0 fully saturated rings. The Kier molecular flexibility index (Phi) is 3.62. The normalized spacial score (nSPS) is 17.4. The van der Waals surface area contributed by atoms with Gasteiger partial charge in [0.1, 0.15) is 0 Å². The zero-order chi connectivity index (χ0) is 14.1. The van der Waals surface area contributed by atoms with Crippen LogP contribution in [0.1, 0.15) is 41.9 Å². The fourth-order valence-corrected chi connectivity index (χ4v) is 3.07. The number of aromatic nitrogens is 2. The van der Waals surface area contributed by atoms with E-state index in [1.54, 1.807) is 0 Å². The molecule has 3 rings (SSSR count). The molecule has 0 aliphatic carbocycles. The van der Waals surface area contributed by atoms with E-state index in [2.05, 4.69) is 53.4 Å². The number of anilines is 1. The first-order valence-corrected chi connectivity index (χ1v) is 7.44. The first kappa shape index (κ1) is 13.4. The van der Waals surface area contributed by atoms with Gasteiger partial charge in [0.2, 0.25) is 5.28 Å². The lowest BCUT2D eigenvalue weighted by molar-refractivity contribution is 0.641. The van der Waals surface area contributed by atoms with Crippen LogP contribution in [0.2, 0.25) is 5.28 Å². The highest BCUT2D eigenvalue weighted by Crippen LogP contribution is 2.33. The van der Waals surface area contributed by atoms with Gasteiger partial charge in [-0.1, -0.05) is 25.1 Å². The van der Waals surface area contributed by atoms with Gasteiger partial charge in [-0.3, -0.25) is 0 Å². The van der Waals surface area contributed by atoms with Gasteiger partial charge in [-0.25, -0.2) is 9.97 Å². The van der Waals surface area contributed by atoms with E-state index < -0.39 is 0 Å². The van der Waals surface area contributed by atoms with Gasteiger partial charge in [0.15, 0.2) is 0 Å². The molecule has 1 unspecified atom stereocenters. The van der Waals surface area contributed by atoms with Gasteiger partial charge < -0.3 is 5.32 Å². The van der Waals surface area contributed by atoms with Crippen molar-refractivity contribution in [1.82, 2.24) is 9.97 Å². The third-order valence-electron chi connectivity index (χ3n) is 3.97. The van der Waals surface area contributed by atoms with Crippen molar-refractivity contribution >= 4 is 17.3 Å². The van der Waals surface area contributed by atoms with Crippen LogP contribution in [-0.2, 0) is 12.8 Å². The number of rotatable bonds is 2. The summed E-state index contributed by atoms with van der Waals surface area (Å²) in [4.78, 5) is 8.79. The standard InChI is InChI=1S/C16H18ClN3/c1-3-12-10(2)15(20-16(17)19-12)14-9-8-11-6-4-5-7-13(11)18-14/h4-7,14,18H,3,8-9H2,1-2H3. The SMILES string of the molecule is CCc1nc(Cl)nc(C2CCc3ccccc3N2)c1C. The number of benzene rings is 1. The maximum absolute atomic E-state index is 6.07. The van der Waals surface area contributed by atoms with Crippen LogP contribution < -0.4 is 5.32 Å². The maximum atomic E-state index is 6.07. The van der Waals surface area contributed by atoms with Crippen molar-refractivity contribution in [3.05, 3.63) is 52.1 Å². The quantitative estimate of drug-likeness (QED) is 0.845. The Balaban J connectivity index is 1.97. The topological polar surface area (TPSA) is 37.8 Å². The first-order valence-electron chi connectivity index (χ1n) is 7.06. The molecule has 0 spiro atoms. The predicted molar refractivity (Wildman–Crippen MR) is 82.3 cm³/mol. The van der Waals surface area contributed by atoms with Gasteiger partial charge in [-0.15, -0.1) is 0 Å². The van der Waals surface area contributed by atoms with Crippen LogP contribution in [0.5, 0.6) is 0 Å². The van der Waals surface area contributed by atoms with E-state index in [9.17, 15) is 0 Å². The number of aryl methyl sites for hydroxylation is 2. The largest absolute Gasteiger partial charge is 0.376 e. The summed E-state index contributed by atoms with van der Waals surface area (Å²) >= 11 is 6.07. The Labute approximate surface area is 124 Å². The molecule has 0 bridgehead atoms. The zero-order valence-electron chi connectivity index (χ0n) is 11.8. The minimum atomic E-state index is 0.218. The number of nitrogens with one attached hydrogen (secondary N) is 1. The van der Waals surface area contributed by atoms with Crippen LogP contribution in [-0.4, -0.2) is 9.97 Å². The number of para-hydroxylation sites is 1. The number of hydrogen-bond donors (Lipinski definition) is 1. The molecule has 1 atom stereocenters. The second-order valence-corrected chi connectivity index (χ2v) is 5.53. The Morgan fingerprint density at radius 2 is 2.10 bits per heavy atom. The van der Waals surface area contributed by atoms with Gasteiger partial charge in [-0.05, 0) is 55.0 Å². The van der Waals surface area contributed by atoms with Crippen LogP contribution in [0.4, 0.5) is 5.69 Å². The molecule has 0 saturated carbocycles. The van der Waals surface area contributed by atoms with E-state index in [-0.39, 0.29) is 6.04 Å². The van der Waals surface area contributed by atoms with Gasteiger partial charge >= 0.3 is 0 Å². The molecular weight excluding hydrogens is 270 g/mol. The van der Waals surface area contributed by atoms with Crippen molar-refractivity contribution in [2.24, 2.45) is 0 Å². The molecule has 0 amide bonds. The van der Waals surface area contributed by atoms with E-state index in [0.29, 0.717) is 5.28 Å². The fourth-order valence-electron chi connectivity index (χ4n) is 2.88. The van der Waals surface area contributed by atoms with Crippen molar-refractivity contribution < 1.29 is 0 Å². The number of hydrogen-bond acceptors (Lipinski definition) is 3. The molecule has 1 aromatic carbocycles. The summed E-state index contributed by atoms with van der Waals surface area (Å²) in [6.07, 6.45) is 2.98. The Hall–Kier alpha value is -1.61. The Morgan fingerprint density at radius 1 is 1.30 bits per heavy atom. The Bertz CT molecular complexity index is 640. The predicted octanol–water partition coefficient (Wildman–Crippen LogP) is 4.10. The van der Waals surface area contributed by atoms with Crippen LogP contribution in [0.25, 0.3) is 0 Å². The second-order valence-electron chi connectivity index (χ2n) is 5.20. The molecule has 1 aliphatic rings. The summed E-state index contributed by atoms with van der Waals surface area (Å²) in [7, 11) is 0. The molecule has 104 valence electrons. The van der Waals surface area contributed by atoms with Crippen molar-refractivity contribution in [3.8, 4) is 0 Å². The van der Waals surface area contributed by atoms with Crippen molar-refractivity contribution in [2.75, 3.05) is 5.32 Å². The molecule has 0 radical (unpaired) electrons. The van der Waals surface area contributed by atoms with Crippen LogP contribution in [0.3, 0.4) is 0 Å². The monoisotopic (exact) mass is 287 g/mol. The summed E-state index contributed by atoms with van der Waals surface area (Å²) < 4.78 is 0. The fraction of sp³-hybridized carbons (Fsp3) is 0.375. The molecule has 2 heterocycles. The number of halogens is 1. The summed E-state index contributed by atoms with van der Waals surface area (Å²) in [5.41, 5.74) is 5.82. The van der Waals surface area contributed by atoms with E-state index in [4.69, 9.17) is 11.6 Å². The molecule has 3 nitrogen and oxygen atoms in total. The molecule has 1 aliphatic heterocycles. The van der Waals surface area contributed by atoms with Crippen molar-refractivity contribution in [3.63, 3.8) is 0 Å². The molecule has 4 heteroatoms. The van der Waals surface area contributed by atoms with Crippen molar-refractivity contribution in [1.29, 1.82) is 0 Å². The third kappa shape index (κ3) is 2.38. The van der Waals surface area contributed by atoms with Gasteiger partial charge in [0.05, 0.1) is 11.7 Å². The highest BCUT2D eigenvalue weighted by Gasteiger charge is 2.23. The molecule has 1 aromatic heterocycles. The van der Waals surface area contributed by atoms with Gasteiger partial charge in [-0.2, -0.15) is 0 Å². The smallest absolute Gasteiger partial charge is 0.222 e. The number of nitrogens with zero attached hydrogens (tertiary/aromatic N) is 2. The molecule has 2 aromatic rings. The van der Waals surface area contributed by atoms with E-state index in [0.717, 1.165) is 36.2 Å².